The van der Waals surface area contributed by atoms with Crippen molar-refractivity contribution in [3.63, 3.8) is 0 Å². The Morgan fingerprint density at radius 2 is 1.43 bits per heavy atom. The van der Waals surface area contributed by atoms with Crippen LogP contribution in [0.2, 0.25) is 0 Å². The Hall–Kier alpha value is -1.68. The summed E-state index contributed by atoms with van der Waals surface area (Å²) in [7, 11) is 0. The molecule has 3 heteroatoms. The second-order valence-electron chi connectivity index (χ2n) is 6.03. The molecule has 110 valence electrons. The van der Waals surface area contributed by atoms with Crippen LogP contribution in [0.4, 0.5) is 0 Å². The fourth-order valence-electron chi connectivity index (χ4n) is 2.97. The average molecular weight is 283 g/mol. The number of rotatable bonds is 4. The van der Waals surface area contributed by atoms with E-state index in [0.717, 1.165) is 6.42 Å². The number of hydrogen-bond acceptors (Lipinski definition) is 3. The molecule has 0 saturated heterocycles. The van der Waals surface area contributed by atoms with Gasteiger partial charge in [0.2, 0.25) is 0 Å². The first kappa shape index (κ1) is 14.3. The summed E-state index contributed by atoms with van der Waals surface area (Å²) >= 11 is 0. The summed E-state index contributed by atoms with van der Waals surface area (Å²) in [5, 5.41) is 22.6. The zero-order valence-electron chi connectivity index (χ0n) is 12.2. The Balaban J connectivity index is 2.06. The highest BCUT2D eigenvalue weighted by Crippen LogP contribution is 2.35. The van der Waals surface area contributed by atoms with E-state index in [4.69, 9.17) is 0 Å². The third kappa shape index (κ3) is 2.60. The molecule has 3 rings (SSSR count). The highest BCUT2D eigenvalue weighted by molar-refractivity contribution is 5.48. The van der Waals surface area contributed by atoms with Gasteiger partial charge in [0, 0.05) is 0 Å². The second-order valence-corrected chi connectivity index (χ2v) is 6.03. The van der Waals surface area contributed by atoms with Crippen LogP contribution in [0.1, 0.15) is 35.2 Å². The molecule has 0 atom stereocenters. The number of nitrogens with one attached hydrogen (secondary N) is 1. The van der Waals surface area contributed by atoms with Crippen LogP contribution in [-0.2, 0) is 6.42 Å². The fraction of sp³-hybridized carbons (Fsp3) is 0.333. The molecule has 0 unspecified atom stereocenters. The summed E-state index contributed by atoms with van der Waals surface area (Å²) in [5.74, 6) is 0. The molecule has 0 aromatic heterocycles. The summed E-state index contributed by atoms with van der Waals surface area (Å²) in [6, 6.07) is 16.7. The summed E-state index contributed by atoms with van der Waals surface area (Å²) in [6.07, 6.45) is 0.930. The predicted octanol–water partition coefficient (Wildman–Crippen LogP) is 2.01. The first-order chi connectivity index (χ1) is 10.2. The maximum Gasteiger partial charge on any atom is 0.0633 e. The molecular weight excluding hydrogens is 262 g/mol. The van der Waals surface area contributed by atoms with E-state index in [0.29, 0.717) is 0 Å². The van der Waals surface area contributed by atoms with Crippen LogP contribution in [0.3, 0.4) is 0 Å². The maximum absolute atomic E-state index is 9.59. The highest BCUT2D eigenvalue weighted by Gasteiger charge is 2.31. The van der Waals surface area contributed by atoms with Crippen LogP contribution in [0, 0.1) is 0 Å². The molecule has 21 heavy (non-hydrogen) atoms. The summed E-state index contributed by atoms with van der Waals surface area (Å²) in [4.78, 5) is 0. The first-order valence-corrected chi connectivity index (χ1v) is 7.32. The van der Waals surface area contributed by atoms with Crippen LogP contribution in [0.5, 0.6) is 0 Å². The van der Waals surface area contributed by atoms with Crippen molar-refractivity contribution in [3.8, 4) is 0 Å². The normalized spacial score (nSPS) is 14.6. The lowest BCUT2D eigenvalue weighted by molar-refractivity contribution is 0.0975. The van der Waals surface area contributed by atoms with E-state index in [9.17, 15) is 10.2 Å². The molecule has 0 heterocycles. The molecule has 3 nitrogen and oxygen atoms in total. The number of aliphatic hydroxyl groups is 2. The van der Waals surface area contributed by atoms with Gasteiger partial charge < -0.3 is 10.2 Å². The number of aliphatic hydroxyl groups excluding tert-OH is 2. The van der Waals surface area contributed by atoms with Crippen molar-refractivity contribution in [2.24, 2.45) is 0 Å². The van der Waals surface area contributed by atoms with E-state index in [-0.39, 0.29) is 19.3 Å². The predicted molar refractivity (Wildman–Crippen MR) is 83.2 cm³/mol. The molecular formula is C18H21NO2. The first-order valence-electron chi connectivity index (χ1n) is 7.32. The van der Waals surface area contributed by atoms with E-state index in [1.807, 2.05) is 19.1 Å². The number of hydrogen-bond donors (Lipinski definition) is 3. The van der Waals surface area contributed by atoms with Crippen molar-refractivity contribution in [2.75, 3.05) is 13.2 Å². The number of fused-ring (bicyclic) bond motifs is 2. The van der Waals surface area contributed by atoms with E-state index in [1.165, 1.54) is 22.3 Å². The molecule has 3 N–H and O–H groups in total. The smallest absolute Gasteiger partial charge is 0.0633 e. The summed E-state index contributed by atoms with van der Waals surface area (Å²) in [5.41, 5.74) is 4.34. The van der Waals surface area contributed by atoms with Crippen LogP contribution in [-0.4, -0.2) is 29.0 Å². The van der Waals surface area contributed by atoms with Gasteiger partial charge in [0.05, 0.1) is 24.8 Å². The Morgan fingerprint density at radius 1 is 0.952 bits per heavy atom. The Labute approximate surface area is 125 Å². The van der Waals surface area contributed by atoms with Gasteiger partial charge in [-0.3, -0.25) is 5.32 Å². The van der Waals surface area contributed by atoms with E-state index in [1.54, 1.807) is 0 Å². The van der Waals surface area contributed by atoms with Gasteiger partial charge >= 0.3 is 0 Å². The third-order valence-corrected chi connectivity index (χ3v) is 4.30. The molecule has 1 aliphatic rings. The van der Waals surface area contributed by atoms with E-state index < -0.39 is 5.54 Å². The fourth-order valence-corrected chi connectivity index (χ4v) is 2.97. The maximum atomic E-state index is 9.59. The van der Waals surface area contributed by atoms with Gasteiger partial charge in [-0.25, -0.2) is 0 Å². The molecule has 2 aromatic carbocycles. The largest absolute Gasteiger partial charge is 0.394 e. The van der Waals surface area contributed by atoms with E-state index >= 15 is 0 Å². The van der Waals surface area contributed by atoms with Crippen molar-refractivity contribution >= 4 is 0 Å². The molecule has 0 amide bonds. The molecule has 0 radical (unpaired) electrons. The third-order valence-electron chi connectivity index (χ3n) is 4.30. The SMILES string of the molecule is CC(CO)(CO)NC1c2ccccc2Cc2ccccc21. The van der Waals surface area contributed by atoms with Gasteiger partial charge in [0.25, 0.3) is 0 Å². The minimum absolute atomic E-state index is 0.00421. The van der Waals surface area contributed by atoms with Crippen LogP contribution in [0.15, 0.2) is 48.5 Å². The molecule has 2 aromatic rings. The molecule has 0 fully saturated rings. The van der Waals surface area contributed by atoms with Crippen molar-refractivity contribution in [1.29, 1.82) is 0 Å². The van der Waals surface area contributed by atoms with Gasteiger partial charge in [0.15, 0.2) is 0 Å². The second kappa shape index (κ2) is 5.60. The lowest BCUT2D eigenvalue weighted by Crippen LogP contribution is -2.51. The lowest BCUT2D eigenvalue weighted by Gasteiger charge is -2.36. The van der Waals surface area contributed by atoms with Gasteiger partial charge in [-0.1, -0.05) is 48.5 Å². The van der Waals surface area contributed by atoms with Crippen LogP contribution in [0.25, 0.3) is 0 Å². The summed E-state index contributed by atoms with van der Waals surface area (Å²) in [6.45, 7) is 1.63. The van der Waals surface area contributed by atoms with Crippen molar-refractivity contribution < 1.29 is 10.2 Å². The zero-order chi connectivity index (χ0) is 14.9. The van der Waals surface area contributed by atoms with Crippen molar-refractivity contribution in [3.05, 3.63) is 70.8 Å². The van der Waals surface area contributed by atoms with Crippen molar-refractivity contribution in [1.82, 2.24) is 5.32 Å². The van der Waals surface area contributed by atoms with Gasteiger partial charge in [-0.15, -0.1) is 0 Å². The molecule has 0 aliphatic heterocycles. The van der Waals surface area contributed by atoms with Crippen molar-refractivity contribution in [2.45, 2.75) is 24.9 Å². The molecule has 0 bridgehead atoms. The van der Waals surface area contributed by atoms with E-state index in [2.05, 4.69) is 41.7 Å². The highest BCUT2D eigenvalue weighted by atomic mass is 16.3. The Kier molecular flexibility index (Phi) is 3.81. The number of benzene rings is 2. The minimum atomic E-state index is -0.706. The van der Waals surface area contributed by atoms with Gasteiger partial charge in [0.1, 0.15) is 0 Å². The Bertz CT molecular complexity index is 589. The monoisotopic (exact) mass is 283 g/mol. The molecule has 0 saturated carbocycles. The van der Waals surface area contributed by atoms with Gasteiger partial charge in [-0.2, -0.15) is 0 Å². The quantitative estimate of drug-likeness (QED) is 0.804. The average Bonchev–Trinajstić information content (AvgIpc) is 2.54. The summed E-state index contributed by atoms with van der Waals surface area (Å²) < 4.78 is 0. The van der Waals surface area contributed by atoms with Crippen LogP contribution < -0.4 is 5.32 Å². The lowest BCUT2D eigenvalue weighted by atomic mass is 9.81. The standard InChI is InChI=1S/C18H21NO2/c1-18(11-20,12-21)19-17-15-8-4-2-6-13(15)10-14-7-3-5-9-16(14)17/h2-9,17,19-21H,10-12H2,1H3. The zero-order valence-corrected chi connectivity index (χ0v) is 12.2. The van der Waals surface area contributed by atoms with Crippen LogP contribution >= 0.6 is 0 Å². The molecule has 0 spiro atoms. The molecule has 1 aliphatic carbocycles. The van der Waals surface area contributed by atoms with Gasteiger partial charge in [-0.05, 0) is 35.6 Å². The topological polar surface area (TPSA) is 52.5 Å². The minimum Gasteiger partial charge on any atom is -0.394 e. The Morgan fingerprint density at radius 3 is 1.90 bits per heavy atom.